The molecule has 0 atom stereocenters. The molecule has 0 bridgehead atoms. The highest BCUT2D eigenvalue weighted by atomic mass is 16.1. The molecule has 3 nitrogen and oxygen atoms in total. The Morgan fingerprint density at radius 3 is 2.53 bits per heavy atom. The number of hydrogen-bond acceptors (Lipinski definition) is 2. The van der Waals surface area contributed by atoms with Crippen LogP contribution in [-0.4, -0.2) is 15.7 Å². The first-order chi connectivity index (χ1) is 8.40. The summed E-state index contributed by atoms with van der Waals surface area (Å²) in [6, 6.07) is 15.7. The van der Waals surface area contributed by atoms with Crippen LogP contribution in [0.15, 0.2) is 54.7 Å². The first-order valence-corrected chi connectivity index (χ1v) is 5.38. The van der Waals surface area contributed by atoms with E-state index in [2.05, 4.69) is 4.98 Å². The highest BCUT2D eigenvalue weighted by Gasteiger charge is 2.10. The van der Waals surface area contributed by atoms with E-state index >= 15 is 0 Å². The summed E-state index contributed by atoms with van der Waals surface area (Å²) in [7, 11) is 0. The first kappa shape index (κ1) is 9.78. The van der Waals surface area contributed by atoms with Crippen molar-refractivity contribution in [1.82, 2.24) is 9.38 Å². The largest absolute Gasteiger partial charge is 0.297 e. The number of carbonyl (C=O) groups excluding carboxylic acids is 1. The molecule has 2 aromatic heterocycles. The number of benzene rings is 1. The Hall–Kier alpha value is -2.42. The lowest BCUT2D eigenvalue weighted by Gasteiger charge is -1.97. The fourth-order valence-electron chi connectivity index (χ4n) is 1.95. The fraction of sp³-hybridized carbons (Fsp3) is 0. The molecule has 0 N–H and O–H groups in total. The van der Waals surface area contributed by atoms with Gasteiger partial charge in [0, 0.05) is 11.8 Å². The van der Waals surface area contributed by atoms with E-state index in [0.717, 1.165) is 23.1 Å². The lowest BCUT2D eigenvalue weighted by Crippen LogP contribution is -1.89. The van der Waals surface area contributed by atoms with E-state index in [4.69, 9.17) is 0 Å². The number of hydrogen-bond donors (Lipinski definition) is 0. The molecule has 0 spiro atoms. The molecule has 3 heteroatoms. The van der Waals surface area contributed by atoms with E-state index in [-0.39, 0.29) is 0 Å². The first-order valence-electron chi connectivity index (χ1n) is 5.38. The Morgan fingerprint density at radius 2 is 1.76 bits per heavy atom. The van der Waals surface area contributed by atoms with Gasteiger partial charge in [-0.05, 0) is 12.1 Å². The Morgan fingerprint density at radius 1 is 1.00 bits per heavy atom. The predicted molar refractivity (Wildman–Crippen MR) is 66.0 cm³/mol. The lowest BCUT2D eigenvalue weighted by atomic mass is 10.1. The molecule has 0 saturated heterocycles. The van der Waals surface area contributed by atoms with Crippen molar-refractivity contribution in [3.63, 3.8) is 0 Å². The number of rotatable bonds is 2. The molecule has 82 valence electrons. The van der Waals surface area contributed by atoms with Crippen molar-refractivity contribution in [3.8, 4) is 11.3 Å². The molecule has 2 heterocycles. The van der Waals surface area contributed by atoms with Crippen LogP contribution in [0.25, 0.3) is 16.8 Å². The summed E-state index contributed by atoms with van der Waals surface area (Å²) in [5, 5.41) is 0. The van der Waals surface area contributed by atoms with Crippen molar-refractivity contribution in [2.24, 2.45) is 0 Å². The van der Waals surface area contributed by atoms with E-state index in [1.54, 1.807) is 4.40 Å². The second kappa shape index (κ2) is 3.87. The number of carbonyl (C=O) groups is 1. The van der Waals surface area contributed by atoms with Crippen LogP contribution in [0.3, 0.4) is 0 Å². The SMILES string of the molecule is O=Cc1nc(-c2ccccc2)c2ccccn12. The van der Waals surface area contributed by atoms with Gasteiger partial charge in [0.1, 0.15) is 0 Å². The van der Waals surface area contributed by atoms with E-state index in [1.165, 1.54) is 0 Å². The molecule has 0 saturated carbocycles. The molecule has 0 amide bonds. The minimum absolute atomic E-state index is 0.430. The van der Waals surface area contributed by atoms with Crippen LogP contribution in [0.1, 0.15) is 10.6 Å². The highest BCUT2D eigenvalue weighted by Crippen LogP contribution is 2.23. The lowest BCUT2D eigenvalue weighted by molar-refractivity contribution is 0.111. The van der Waals surface area contributed by atoms with E-state index in [9.17, 15) is 4.79 Å². The van der Waals surface area contributed by atoms with Gasteiger partial charge < -0.3 is 0 Å². The van der Waals surface area contributed by atoms with Crippen LogP contribution in [0.5, 0.6) is 0 Å². The molecule has 1 aromatic carbocycles. The third-order valence-corrected chi connectivity index (χ3v) is 2.73. The molecular formula is C14H10N2O. The Balaban J connectivity index is 2.34. The maximum absolute atomic E-state index is 11.0. The summed E-state index contributed by atoms with van der Waals surface area (Å²) in [4.78, 5) is 15.4. The maximum atomic E-state index is 11.0. The molecule has 0 unspecified atom stereocenters. The van der Waals surface area contributed by atoms with Crippen molar-refractivity contribution >= 4 is 11.8 Å². The minimum Gasteiger partial charge on any atom is -0.297 e. The topological polar surface area (TPSA) is 34.4 Å². The number of aldehydes is 1. The zero-order valence-corrected chi connectivity index (χ0v) is 9.08. The summed E-state index contributed by atoms with van der Waals surface area (Å²) >= 11 is 0. The molecular weight excluding hydrogens is 212 g/mol. The zero-order valence-electron chi connectivity index (χ0n) is 9.08. The molecule has 3 rings (SSSR count). The molecule has 0 fully saturated rings. The van der Waals surface area contributed by atoms with Crippen molar-refractivity contribution in [2.75, 3.05) is 0 Å². The number of nitrogens with zero attached hydrogens (tertiary/aromatic N) is 2. The highest BCUT2D eigenvalue weighted by molar-refractivity contribution is 5.83. The third kappa shape index (κ3) is 1.52. The second-order valence-corrected chi connectivity index (χ2v) is 3.76. The van der Waals surface area contributed by atoms with E-state index < -0.39 is 0 Å². The quantitative estimate of drug-likeness (QED) is 0.625. The van der Waals surface area contributed by atoms with Crippen LogP contribution < -0.4 is 0 Å². The van der Waals surface area contributed by atoms with Gasteiger partial charge in [-0.15, -0.1) is 0 Å². The van der Waals surface area contributed by atoms with Gasteiger partial charge >= 0.3 is 0 Å². The average molecular weight is 222 g/mol. The number of fused-ring (bicyclic) bond motifs is 1. The van der Waals surface area contributed by atoms with Gasteiger partial charge in [-0.3, -0.25) is 9.20 Å². The molecule has 17 heavy (non-hydrogen) atoms. The van der Waals surface area contributed by atoms with Gasteiger partial charge in [-0.2, -0.15) is 0 Å². The van der Waals surface area contributed by atoms with E-state index in [1.807, 2.05) is 54.7 Å². The molecule has 0 aliphatic heterocycles. The van der Waals surface area contributed by atoms with Crippen molar-refractivity contribution < 1.29 is 4.79 Å². The molecule has 0 aliphatic carbocycles. The van der Waals surface area contributed by atoms with Crippen LogP contribution in [0.4, 0.5) is 0 Å². The van der Waals surface area contributed by atoms with Crippen LogP contribution in [0, 0.1) is 0 Å². The normalized spacial score (nSPS) is 10.6. The average Bonchev–Trinajstić information content (AvgIpc) is 2.78. The maximum Gasteiger partial charge on any atom is 0.185 e. The van der Waals surface area contributed by atoms with Gasteiger partial charge in [-0.25, -0.2) is 4.98 Å². The van der Waals surface area contributed by atoms with Gasteiger partial charge in [0.25, 0.3) is 0 Å². The van der Waals surface area contributed by atoms with E-state index in [0.29, 0.717) is 5.82 Å². The fourth-order valence-corrected chi connectivity index (χ4v) is 1.95. The van der Waals surface area contributed by atoms with Gasteiger partial charge in [0.2, 0.25) is 0 Å². The Kier molecular flexibility index (Phi) is 2.22. The zero-order chi connectivity index (χ0) is 11.7. The summed E-state index contributed by atoms with van der Waals surface area (Å²) in [5.41, 5.74) is 2.80. The predicted octanol–water partition coefficient (Wildman–Crippen LogP) is 2.81. The summed E-state index contributed by atoms with van der Waals surface area (Å²) in [6.07, 6.45) is 2.62. The van der Waals surface area contributed by atoms with Crippen molar-refractivity contribution in [3.05, 3.63) is 60.6 Å². The van der Waals surface area contributed by atoms with Gasteiger partial charge in [0.05, 0.1) is 11.2 Å². The molecule has 0 radical (unpaired) electrons. The van der Waals surface area contributed by atoms with Crippen molar-refractivity contribution in [2.45, 2.75) is 0 Å². The summed E-state index contributed by atoms with van der Waals surface area (Å²) < 4.78 is 1.80. The Bertz CT molecular complexity index is 671. The van der Waals surface area contributed by atoms with Crippen molar-refractivity contribution in [1.29, 1.82) is 0 Å². The summed E-state index contributed by atoms with van der Waals surface area (Å²) in [6.45, 7) is 0. The number of pyridine rings is 1. The van der Waals surface area contributed by atoms with Crippen LogP contribution in [0.2, 0.25) is 0 Å². The van der Waals surface area contributed by atoms with Crippen LogP contribution in [-0.2, 0) is 0 Å². The molecule has 0 aliphatic rings. The summed E-state index contributed by atoms with van der Waals surface area (Å²) in [5.74, 6) is 0.430. The third-order valence-electron chi connectivity index (χ3n) is 2.73. The van der Waals surface area contributed by atoms with Crippen LogP contribution >= 0.6 is 0 Å². The Labute approximate surface area is 98.4 Å². The number of imidazole rings is 1. The monoisotopic (exact) mass is 222 g/mol. The number of aromatic nitrogens is 2. The minimum atomic E-state index is 0.430. The van der Waals surface area contributed by atoms with Gasteiger partial charge in [0.15, 0.2) is 12.1 Å². The molecule has 3 aromatic rings. The standard InChI is InChI=1S/C14H10N2O/c17-10-13-15-14(11-6-2-1-3-7-11)12-8-4-5-9-16(12)13/h1-10H. The smallest absolute Gasteiger partial charge is 0.185 e. The second-order valence-electron chi connectivity index (χ2n) is 3.76. The van der Waals surface area contributed by atoms with Gasteiger partial charge in [-0.1, -0.05) is 36.4 Å².